The standard InChI is InChI=1S/C16H18FN3O2S/c1-10-15(16(21)20-12-6-7-18-8-12)23-14(19-10)9-22-13-4-2-11(17)3-5-13/h2-5,12,18H,6-9H2,1H3,(H,20,21). The van der Waals surface area contributed by atoms with Crippen LogP contribution in [-0.2, 0) is 6.61 Å². The van der Waals surface area contributed by atoms with Gasteiger partial charge in [-0.1, -0.05) is 0 Å². The predicted molar refractivity (Wildman–Crippen MR) is 86.3 cm³/mol. The van der Waals surface area contributed by atoms with Gasteiger partial charge in [-0.25, -0.2) is 9.37 Å². The van der Waals surface area contributed by atoms with Gasteiger partial charge in [0, 0.05) is 12.6 Å². The number of rotatable bonds is 5. The van der Waals surface area contributed by atoms with Crippen molar-refractivity contribution in [1.82, 2.24) is 15.6 Å². The predicted octanol–water partition coefficient (Wildman–Crippen LogP) is 2.26. The van der Waals surface area contributed by atoms with E-state index in [1.165, 1.54) is 23.5 Å². The van der Waals surface area contributed by atoms with Crippen molar-refractivity contribution in [3.05, 3.63) is 45.7 Å². The van der Waals surface area contributed by atoms with Gasteiger partial charge in [-0.3, -0.25) is 4.79 Å². The molecule has 0 bridgehead atoms. The molecule has 2 heterocycles. The maximum atomic E-state index is 12.8. The molecule has 5 nitrogen and oxygen atoms in total. The average molecular weight is 335 g/mol. The number of carbonyl (C=O) groups is 1. The molecule has 0 radical (unpaired) electrons. The number of benzene rings is 1. The van der Waals surface area contributed by atoms with E-state index in [0.29, 0.717) is 16.3 Å². The van der Waals surface area contributed by atoms with E-state index in [0.717, 1.165) is 24.5 Å². The average Bonchev–Trinajstić information content (AvgIpc) is 3.16. The van der Waals surface area contributed by atoms with E-state index in [9.17, 15) is 9.18 Å². The Morgan fingerprint density at radius 3 is 2.96 bits per heavy atom. The van der Waals surface area contributed by atoms with Crippen LogP contribution >= 0.6 is 11.3 Å². The Hall–Kier alpha value is -1.99. The maximum Gasteiger partial charge on any atom is 0.263 e. The number of nitrogens with zero attached hydrogens (tertiary/aromatic N) is 1. The molecule has 1 unspecified atom stereocenters. The molecule has 1 atom stereocenters. The molecule has 1 aromatic carbocycles. The summed E-state index contributed by atoms with van der Waals surface area (Å²) in [5.74, 6) is 0.187. The molecule has 7 heteroatoms. The molecule has 0 saturated carbocycles. The van der Waals surface area contributed by atoms with E-state index in [-0.39, 0.29) is 24.4 Å². The molecular formula is C16H18FN3O2S. The summed E-state index contributed by atoms with van der Waals surface area (Å²) in [4.78, 5) is 17.3. The molecular weight excluding hydrogens is 317 g/mol. The lowest BCUT2D eigenvalue weighted by Gasteiger charge is -2.10. The first-order valence-corrected chi connectivity index (χ1v) is 8.30. The number of nitrogens with one attached hydrogen (secondary N) is 2. The van der Waals surface area contributed by atoms with Gasteiger partial charge in [0.2, 0.25) is 0 Å². The van der Waals surface area contributed by atoms with Crippen molar-refractivity contribution in [1.29, 1.82) is 0 Å². The van der Waals surface area contributed by atoms with Gasteiger partial charge in [0.05, 0.1) is 5.69 Å². The van der Waals surface area contributed by atoms with Crippen molar-refractivity contribution < 1.29 is 13.9 Å². The van der Waals surface area contributed by atoms with Crippen LogP contribution < -0.4 is 15.4 Å². The van der Waals surface area contributed by atoms with Crippen molar-refractivity contribution in [3.8, 4) is 5.75 Å². The molecule has 1 aliphatic rings. The summed E-state index contributed by atoms with van der Waals surface area (Å²) in [6.07, 6.45) is 0.949. The van der Waals surface area contributed by atoms with Crippen molar-refractivity contribution in [2.45, 2.75) is 26.0 Å². The molecule has 1 fully saturated rings. The van der Waals surface area contributed by atoms with Crippen LogP contribution in [0.5, 0.6) is 5.75 Å². The fraction of sp³-hybridized carbons (Fsp3) is 0.375. The van der Waals surface area contributed by atoms with E-state index in [1.807, 2.05) is 6.92 Å². The van der Waals surface area contributed by atoms with Crippen LogP contribution in [0.4, 0.5) is 4.39 Å². The molecule has 1 aliphatic heterocycles. The highest BCUT2D eigenvalue weighted by molar-refractivity contribution is 7.13. The van der Waals surface area contributed by atoms with Crippen molar-refractivity contribution >= 4 is 17.2 Å². The van der Waals surface area contributed by atoms with Gasteiger partial charge in [-0.15, -0.1) is 11.3 Å². The number of hydrogen-bond acceptors (Lipinski definition) is 5. The third kappa shape index (κ3) is 4.05. The number of amides is 1. The van der Waals surface area contributed by atoms with Crippen LogP contribution in [0.15, 0.2) is 24.3 Å². The lowest BCUT2D eigenvalue weighted by atomic mass is 10.2. The number of halogens is 1. The van der Waals surface area contributed by atoms with E-state index >= 15 is 0 Å². The SMILES string of the molecule is Cc1nc(COc2ccc(F)cc2)sc1C(=O)NC1CCNC1. The Balaban J connectivity index is 1.60. The largest absolute Gasteiger partial charge is 0.486 e. The number of carbonyl (C=O) groups excluding carboxylic acids is 1. The van der Waals surface area contributed by atoms with Gasteiger partial charge >= 0.3 is 0 Å². The van der Waals surface area contributed by atoms with Crippen LogP contribution in [0, 0.1) is 12.7 Å². The highest BCUT2D eigenvalue weighted by Crippen LogP contribution is 2.21. The Bertz CT molecular complexity index is 681. The fourth-order valence-corrected chi connectivity index (χ4v) is 3.31. The Morgan fingerprint density at radius 2 is 2.26 bits per heavy atom. The minimum Gasteiger partial charge on any atom is -0.486 e. The summed E-state index contributed by atoms with van der Waals surface area (Å²) in [7, 11) is 0. The van der Waals surface area contributed by atoms with Crippen LogP contribution in [-0.4, -0.2) is 30.0 Å². The Labute approximate surface area is 137 Å². The second kappa shape index (κ2) is 7.06. The topological polar surface area (TPSA) is 63.2 Å². The highest BCUT2D eigenvalue weighted by atomic mass is 32.1. The molecule has 2 aromatic rings. The molecule has 0 spiro atoms. The smallest absolute Gasteiger partial charge is 0.263 e. The monoisotopic (exact) mass is 335 g/mol. The summed E-state index contributed by atoms with van der Waals surface area (Å²) in [6.45, 7) is 3.82. The summed E-state index contributed by atoms with van der Waals surface area (Å²) < 4.78 is 18.4. The second-order valence-electron chi connectivity index (χ2n) is 5.43. The van der Waals surface area contributed by atoms with E-state index in [2.05, 4.69) is 15.6 Å². The van der Waals surface area contributed by atoms with Crippen molar-refractivity contribution in [2.75, 3.05) is 13.1 Å². The summed E-state index contributed by atoms with van der Waals surface area (Å²) >= 11 is 1.33. The van der Waals surface area contributed by atoms with Crippen molar-refractivity contribution in [3.63, 3.8) is 0 Å². The number of aromatic nitrogens is 1. The van der Waals surface area contributed by atoms with Gasteiger partial charge in [-0.2, -0.15) is 0 Å². The minimum absolute atomic E-state index is 0.0817. The molecule has 1 aromatic heterocycles. The third-order valence-corrected chi connectivity index (χ3v) is 4.75. The normalized spacial score (nSPS) is 17.2. The van der Waals surface area contributed by atoms with Gasteiger partial charge in [0.25, 0.3) is 5.91 Å². The highest BCUT2D eigenvalue weighted by Gasteiger charge is 2.21. The van der Waals surface area contributed by atoms with Gasteiger partial charge in [0.1, 0.15) is 28.1 Å². The molecule has 1 amide bonds. The maximum absolute atomic E-state index is 12.8. The van der Waals surface area contributed by atoms with Gasteiger partial charge in [0.15, 0.2) is 0 Å². The lowest BCUT2D eigenvalue weighted by molar-refractivity contribution is 0.0943. The quantitative estimate of drug-likeness (QED) is 0.880. The Kier molecular flexibility index (Phi) is 4.88. The Morgan fingerprint density at radius 1 is 1.48 bits per heavy atom. The molecule has 3 rings (SSSR count). The first kappa shape index (κ1) is 15.9. The molecule has 23 heavy (non-hydrogen) atoms. The van der Waals surface area contributed by atoms with Crippen LogP contribution in [0.3, 0.4) is 0 Å². The second-order valence-corrected chi connectivity index (χ2v) is 6.51. The van der Waals surface area contributed by atoms with Crippen LogP contribution in [0.1, 0.15) is 26.8 Å². The molecule has 2 N–H and O–H groups in total. The van der Waals surface area contributed by atoms with E-state index in [4.69, 9.17) is 4.74 Å². The van der Waals surface area contributed by atoms with Crippen LogP contribution in [0.25, 0.3) is 0 Å². The zero-order valence-electron chi connectivity index (χ0n) is 12.8. The van der Waals surface area contributed by atoms with Crippen molar-refractivity contribution in [2.24, 2.45) is 0 Å². The van der Waals surface area contributed by atoms with Gasteiger partial charge in [-0.05, 0) is 44.2 Å². The first-order valence-electron chi connectivity index (χ1n) is 7.48. The van der Waals surface area contributed by atoms with Gasteiger partial charge < -0.3 is 15.4 Å². The van der Waals surface area contributed by atoms with E-state index < -0.39 is 0 Å². The molecule has 1 saturated heterocycles. The fourth-order valence-electron chi connectivity index (χ4n) is 2.43. The zero-order chi connectivity index (χ0) is 16.2. The number of hydrogen-bond donors (Lipinski definition) is 2. The van der Waals surface area contributed by atoms with E-state index in [1.54, 1.807) is 12.1 Å². The summed E-state index contributed by atoms with van der Waals surface area (Å²) in [6, 6.07) is 6.00. The number of aryl methyl sites for hydroxylation is 1. The molecule has 0 aliphatic carbocycles. The summed E-state index contributed by atoms with van der Waals surface area (Å²) in [5, 5.41) is 6.96. The summed E-state index contributed by atoms with van der Waals surface area (Å²) in [5.41, 5.74) is 0.705. The third-order valence-electron chi connectivity index (χ3n) is 3.62. The molecule has 122 valence electrons. The minimum atomic E-state index is -0.303. The van der Waals surface area contributed by atoms with Crippen LogP contribution in [0.2, 0.25) is 0 Å². The lowest BCUT2D eigenvalue weighted by Crippen LogP contribution is -2.36. The number of thiazole rings is 1. The first-order chi connectivity index (χ1) is 11.1. The number of ether oxygens (including phenoxy) is 1. The zero-order valence-corrected chi connectivity index (χ0v) is 13.6.